The summed E-state index contributed by atoms with van der Waals surface area (Å²) in [5.74, 6) is 1.33. The van der Waals surface area contributed by atoms with E-state index in [1.165, 1.54) is 0 Å². The van der Waals surface area contributed by atoms with E-state index >= 15 is 0 Å². The molecule has 2 aromatic rings. The molecule has 0 aliphatic carbocycles. The van der Waals surface area contributed by atoms with Gasteiger partial charge in [-0.15, -0.1) is 0 Å². The molecule has 0 saturated carbocycles. The van der Waals surface area contributed by atoms with E-state index in [4.69, 9.17) is 4.52 Å². The fourth-order valence-corrected chi connectivity index (χ4v) is 3.84. The molecule has 0 radical (unpaired) electrons. The van der Waals surface area contributed by atoms with Crippen molar-refractivity contribution in [1.29, 1.82) is 0 Å². The first-order chi connectivity index (χ1) is 10.7. The Morgan fingerprint density at radius 2 is 1.96 bits per heavy atom. The first-order valence-corrected chi connectivity index (χ1v) is 9.02. The number of aryl methyl sites for hydroxylation is 2. The van der Waals surface area contributed by atoms with Gasteiger partial charge in [-0.2, -0.15) is 10.1 Å². The molecule has 0 spiro atoms. The van der Waals surface area contributed by atoms with E-state index in [9.17, 15) is 8.42 Å². The van der Waals surface area contributed by atoms with Gasteiger partial charge in [-0.25, -0.2) is 13.1 Å². The largest absolute Gasteiger partial charge is 0.339 e. The second-order valence-corrected chi connectivity index (χ2v) is 7.66. The molecule has 0 aromatic carbocycles. The maximum absolute atomic E-state index is 12.5. The molecule has 0 aliphatic rings. The van der Waals surface area contributed by atoms with E-state index in [1.54, 1.807) is 25.5 Å². The Morgan fingerprint density at radius 1 is 1.26 bits per heavy atom. The van der Waals surface area contributed by atoms with Gasteiger partial charge in [0.25, 0.3) is 0 Å². The highest BCUT2D eigenvalue weighted by Crippen LogP contribution is 2.20. The monoisotopic (exact) mass is 341 g/mol. The zero-order chi connectivity index (χ0) is 17.2. The average molecular weight is 341 g/mol. The molecule has 0 atom stereocenters. The summed E-state index contributed by atoms with van der Waals surface area (Å²) >= 11 is 0. The zero-order valence-electron chi connectivity index (χ0n) is 14.1. The summed E-state index contributed by atoms with van der Waals surface area (Å²) in [7, 11) is -3.62. The summed E-state index contributed by atoms with van der Waals surface area (Å²) in [5, 5.41) is 8.02. The van der Waals surface area contributed by atoms with Gasteiger partial charge in [-0.3, -0.25) is 4.68 Å². The van der Waals surface area contributed by atoms with E-state index in [1.807, 2.05) is 0 Å². The van der Waals surface area contributed by atoms with Gasteiger partial charge in [0.2, 0.25) is 15.9 Å². The molecule has 1 N–H and O–H groups in total. The number of sulfonamides is 1. The molecule has 9 heteroatoms. The molecule has 2 rings (SSSR count). The highest BCUT2D eigenvalue weighted by molar-refractivity contribution is 7.89. The van der Waals surface area contributed by atoms with Crippen LogP contribution in [0.25, 0.3) is 0 Å². The Labute approximate surface area is 136 Å². The lowest BCUT2D eigenvalue weighted by molar-refractivity contribution is 0.375. The molecular formula is C14H23N5O3S. The van der Waals surface area contributed by atoms with Crippen LogP contribution in [0.2, 0.25) is 0 Å². The number of nitrogens with zero attached hydrogens (tertiary/aromatic N) is 4. The van der Waals surface area contributed by atoms with Crippen molar-refractivity contribution in [2.24, 2.45) is 5.92 Å². The summed E-state index contributed by atoms with van der Waals surface area (Å²) in [6, 6.07) is 0. The molecule has 8 nitrogen and oxygen atoms in total. The Bertz CT molecular complexity index is 776. The van der Waals surface area contributed by atoms with Crippen molar-refractivity contribution in [3.8, 4) is 0 Å². The van der Waals surface area contributed by atoms with Crippen LogP contribution >= 0.6 is 0 Å². The summed E-state index contributed by atoms with van der Waals surface area (Å²) < 4.78 is 34.4. The van der Waals surface area contributed by atoms with E-state index in [0.717, 1.165) is 0 Å². The maximum atomic E-state index is 12.5. The van der Waals surface area contributed by atoms with Crippen molar-refractivity contribution in [3.63, 3.8) is 0 Å². The standard InChI is InChI=1S/C14H23N5O3S/c1-9(2)8-19-11(4)14(10(3)17-19)23(20,21)15-7-6-13-16-12(5)18-22-13/h9,15H,6-8H2,1-5H3. The molecule has 0 saturated heterocycles. The maximum Gasteiger partial charge on any atom is 0.244 e. The second kappa shape index (κ2) is 6.79. The van der Waals surface area contributed by atoms with Crippen molar-refractivity contribution in [2.75, 3.05) is 6.54 Å². The van der Waals surface area contributed by atoms with Crippen LogP contribution in [0.15, 0.2) is 9.42 Å². The third kappa shape index (κ3) is 4.17. The summed E-state index contributed by atoms with van der Waals surface area (Å²) in [6.45, 7) is 10.2. The first-order valence-electron chi connectivity index (χ1n) is 7.53. The third-order valence-corrected chi connectivity index (χ3v) is 5.03. The Hall–Kier alpha value is -1.74. The molecule has 0 unspecified atom stereocenters. The van der Waals surface area contributed by atoms with Crippen LogP contribution in [-0.4, -0.2) is 34.9 Å². The number of rotatable bonds is 7. The van der Waals surface area contributed by atoms with E-state index in [-0.39, 0.29) is 11.4 Å². The normalized spacial score (nSPS) is 12.3. The zero-order valence-corrected chi connectivity index (χ0v) is 14.9. The lowest BCUT2D eigenvalue weighted by Gasteiger charge is -2.09. The predicted octanol–water partition coefficient (Wildman–Crippen LogP) is 1.37. The number of hydrogen-bond donors (Lipinski definition) is 1. The SMILES string of the molecule is Cc1noc(CCNS(=O)(=O)c2c(C)nn(CC(C)C)c2C)n1. The Morgan fingerprint density at radius 3 is 2.52 bits per heavy atom. The topological polar surface area (TPSA) is 103 Å². The van der Waals surface area contributed by atoms with Gasteiger partial charge >= 0.3 is 0 Å². The summed E-state index contributed by atoms with van der Waals surface area (Å²) in [6.07, 6.45) is 0.346. The molecule has 0 fully saturated rings. The van der Waals surface area contributed by atoms with Crippen molar-refractivity contribution < 1.29 is 12.9 Å². The quantitative estimate of drug-likeness (QED) is 0.816. The highest BCUT2D eigenvalue weighted by atomic mass is 32.2. The van der Waals surface area contributed by atoms with E-state index in [0.29, 0.717) is 42.0 Å². The number of aromatic nitrogens is 4. The van der Waals surface area contributed by atoms with Crippen LogP contribution in [0.3, 0.4) is 0 Å². The Kier molecular flexibility index (Phi) is 5.20. The molecule has 0 amide bonds. The van der Waals surface area contributed by atoms with Crippen molar-refractivity contribution in [2.45, 2.75) is 52.5 Å². The number of nitrogens with one attached hydrogen (secondary N) is 1. The number of hydrogen-bond acceptors (Lipinski definition) is 6. The Balaban J connectivity index is 2.11. The second-order valence-electron chi connectivity index (χ2n) is 5.96. The van der Waals surface area contributed by atoms with Crippen LogP contribution in [0.5, 0.6) is 0 Å². The van der Waals surface area contributed by atoms with E-state index < -0.39 is 10.0 Å². The van der Waals surface area contributed by atoms with Gasteiger partial charge in [0.05, 0.1) is 11.4 Å². The van der Waals surface area contributed by atoms with Gasteiger partial charge in [0.1, 0.15) is 4.90 Å². The van der Waals surface area contributed by atoms with Crippen LogP contribution in [0.1, 0.15) is 37.0 Å². The average Bonchev–Trinajstić information content (AvgIpc) is 2.93. The molecule has 0 aliphatic heterocycles. The van der Waals surface area contributed by atoms with Gasteiger partial charge < -0.3 is 4.52 Å². The van der Waals surface area contributed by atoms with Crippen LogP contribution < -0.4 is 4.72 Å². The van der Waals surface area contributed by atoms with Crippen molar-refractivity contribution in [1.82, 2.24) is 24.6 Å². The molecule has 2 heterocycles. The van der Waals surface area contributed by atoms with Crippen molar-refractivity contribution >= 4 is 10.0 Å². The minimum absolute atomic E-state index is 0.193. The summed E-state index contributed by atoms with van der Waals surface area (Å²) in [5.41, 5.74) is 1.15. The predicted molar refractivity (Wildman–Crippen MR) is 84.5 cm³/mol. The van der Waals surface area contributed by atoms with Crippen molar-refractivity contribution in [3.05, 3.63) is 23.1 Å². The third-order valence-electron chi connectivity index (χ3n) is 3.32. The summed E-state index contributed by atoms with van der Waals surface area (Å²) in [4.78, 5) is 4.30. The molecular weight excluding hydrogens is 318 g/mol. The van der Waals surface area contributed by atoms with Crippen LogP contribution in [0, 0.1) is 26.7 Å². The highest BCUT2D eigenvalue weighted by Gasteiger charge is 2.24. The fraction of sp³-hybridized carbons (Fsp3) is 0.643. The van der Waals surface area contributed by atoms with Crippen LogP contribution in [-0.2, 0) is 23.0 Å². The lowest BCUT2D eigenvalue weighted by Crippen LogP contribution is -2.27. The molecule has 128 valence electrons. The molecule has 2 aromatic heterocycles. The fourth-order valence-electron chi connectivity index (χ4n) is 2.40. The molecule has 0 bridgehead atoms. The lowest BCUT2D eigenvalue weighted by atomic mass is 10.2. The van der Waals surface area contributed by atoms with Gasteiger partial charge in [-0.1, -0.05) is 19.0 Å². The molecule has 23 heavy (non-hydrogen) atoms. The minimum Gasteiger partial charge on any atom is -0.339 e. The van der Waals surface area contributed by atoms with Gasteiger partial charge in [0, 0.05) is 19.5 Å². The van der Waals surface area contributed by atoms with Crippen LogP contribution in [0.4, 0.5) is 0 Å². The van der Waals surface area contributed by atoms with Gasteiger partial charge in [0.15, 0.2) is 5.82 Å². The van der Waals surface area contributed by atoms with E-state index in [2.05, 4.69) is 33.8 Å². The smallest absolute Gasteiger partial charge is 0.244 e. The first kappa shape index (κ1) is 17.6. The van der Waals surface area contributed by atoms with Gasteiger partial charge in [-0.05, 0) is 26.7 Å². The minimum atomic E-state index is -3.62.